The van der Waals surface area contributed by atoms with Crippen LogP contribution in [0.1, 0.15) is 33.6 Å². The summed E-state index contributed by atoms with van der Waals surface area (Å²) >= 11 is 6.06. The molecule has 2 N–H and O–H groups in total. The van der Waals surface area contributed by atoms with Gasteiger partial charge in [-0.05, 0) is 39.8 Å². The minimum Gasteiger partial charge on any atom is -0.338 e. The van der Waals surface area contributed by atoms with Gasteiger partial charge in [0, 0.05) is 11.7 Å². The van der Waals surface area contributed by atoms with Gasteiger partial charge in [-0.2, -0.15) is 4.98 Å². The van der Waals surface area contributed by atoms with Crippen LogP contribution in [0.3, 0.4) is 0 Å². The first-order valence-electron chi connectivity index (χ1n) is 5.97. The van der Waals surface area contributed by atoms with Crippen LogP contribution in [0.5, 0.6) is 0 Å². The van der Waals surface area contributed by atoms with Gasteiger partial charge in [0.05, 0.1) is 10.4 Å². The smallest absolute Gasteiger partial charge is 0.234 e. The van der Waals surface area contributed by atoms with Crippen LogP contribution in [0, 0.1) is 0 Å². The Balaban J connectivity index is 2.43. The van der Waals surface area contributed by atoms with Gasteiger partial charge in [0.1, 0.15) is 5.69 Å². The summed E-state index contributed by atoms with van der Waals surface area (Å²) in [5, 5.41) is 4.42. The Morgan fingerprint density at radius 3 is 2.53 bits per heavy atom. The average Bonchev–Trinajstić information content (AvgIpc) is 2.77. The van der Waals surface area contributed by atoms with Gasteiger partial charge in [0.15, 0.2) is 0 Å². The fraction of sp³-hybridized carbons (Fsp3) is 0.462. The number of halogens is 1. The van der Waals surface area contributed by atoms with Crippen LogP contribution >= 0.6 is 11.6 Å². The molecule has 0 saturated heterocycles. The van der Waals surface area contributed by atoms with Crippen molar-refractivity contribution in [1.82, 2.24) is 15.1 Å². The summed E-state index contributed by atoms with van der Waals surface area (Å²) in [7, 11) is 0. The fourth-order valence-electron chi connectivity index (χ4n) is 1.40. The van der Waals surface area contributed by atoms with Gasteiger partial charge in [-0.15, -0.1) is 0 Å². The summed E-state index contributed by atoms with van der Waals surface area (Å²) in [4.78, 5) is 8.53. The van der Waals surface area contributed by atoms with E-state index >= 15 is 0 Å². The fourth-order valence-corrected chi connectivity index (χ4v) is 1.61. The van der Waals surface area contributed by atoms with Crippen LogP contribution in [0.25, 0.3) is 11.5 Å². The van der Waals surface area contributed by atoms with E-state index in [0.29, 0.717) is 22.4 Å². The third kappa shape index (κ3) is 2.48. The van der Waals surface area contributed by atoms with Gasteiger partial charge in [-0.3, -0.25) is 4.98 Å². The Morgan fingerprint density at radius 1 is 1.26 bits per heavy atom. The predicted octanol–water partition coefficient (Wildman–Crippen LogP) is 2.80. The molecule has 0 atom stereocenters. The standard InChI is InChI=1S/C13H17ClN4O/c1-12(2,13(3,4)15)11-17-10(18-19-11)9-8(14)6-5-7-16-9/h5-7H,15H2,1-4H3. The molecular formula is C13H17ClN4O. The van der Waals surface area contributed by atoms with Crippen LogP contribution < -0.4 is 5.73 Å². The second kappa shape index (κ2) is 4.58. The highest BCUT2D eigenvalue weighted by molar-refractivity contribution is 6.32. The molecule has 2 rings (SSSR count). The second-order valence-electron chi connectivity index (χ2n) is 5.60. The second-order valence-corrected chi connectivity index (χ2v) is 6.01. The number of nitrogens with zero attached hydrogens (tertiary/aromatic N) is 3. The zero-order valence-electron chi connectivity index (χ0n) is 11.4. The lowest BCUT2D eigenvalue weighted by Crippen LogP contribution is -2.50. The maximum absolute atomic E-state index is 6.15. The van der Waals surface area contributed by atoms with Crippen molar-refractivity contribution in [3.8, 4) is 11.5 Å². The SMILES string of the molecule is CC(C)(N)C(C)(C)c1nc(-c2ncccc2Cl)no1. The molecule has 0 fully saturated rings. The number of pyridine rings is 1. The van der Waals surface area contributed by atoms with Crippen molar-refractivity contribution in [3.63, 3.8) is 0 Å². The molecule has 0 aliphatic rings. The Kier molecular flexibility index (Phi) is 3.36. The van der Waals surface area contributed by atoms with E-state index in [4.69, 9.17) is 21.9 Å². The minimum absolute atomic E-state index is 0.373. The summed E-state index contributed by atoms with van der Waals surface area (Å²) in [5.41, 5.74) is 5.70. The van der Waals surface area contributed by atoms with E-state index in [1.54, 1.807) is 18.3 Å². The van der Waals surface area contributed by atoms with Crippen LogP contribution in [-0.2, 0) is 5.41 Å². The molecule has 2 aromatic rings. The number of aromatic nitrogens is 3. The van der Waals surface area contributed by atoms with Gasteiger partial charge >= 0.3 is 0 Å². The third-order valence-corrected chi connectivity index (χ3v) is 3.85. The highest BCUT2D eigenvalue weighted by atomic mass is 35.5. The van der Waals surface area contributed by atoms with Crippen molar-refractivity contribution in [2.75, 3.05) is 0 Å². The molecule has 2 aromatic heterocycles. The van der Waals surface area contributed by atoms with Gasteiger partial charge in [0.25, 0.3) is 0 Å². The molecule has 0 aliphatic carbocycles. The summed E-state index contributed by atoms with van der Waals surface area (Å²) in [6.45, 7) is 7.77. The maximum atomic E-state index is 6.15. The molecule has 0 radical (unpaired) electrons. The predicted molar refractivity (Wildman–Crippen MR) is 73.8 cm³/mol. The van der Waals surface area contributed by atoms with E-state index in [9.17, 15) is 0 Å². The molecule has 0 saturated carbocycles. The zero-order valence-corrected chi connectivity index (χ0v) is 12.2. The number of hydrogen-bond acceptors (Lipinski definition) is 5. The first-order valence-corrected chi connectivity index (χ1v) is 6.35. The molecule has 0 amide bonds. The number of nitrogens with two attached hydrogens (primary N) is 1. The monoisotopic (exact) mass is 280 g/mol. The quantitative estimate of drug-likeness (QED) is 0.935. The molecule has 6 heteroatoms. The number of hydrogen-bond donors (Lipinski definition) is 1. The van der Waals surface area contributed by atoms with E-state index in [0.717, 1.165) is 0 Å². The van der Waals surface area contributed by atoms with Crippen molar-refractivity contribution in [2.45, 2.75) is 38.6 Å². The molecule has 102 valence electrons. The van der Waals surface area contributed by atoms with Crippen molar-refractivity contribution in [2.24, 2.45) is 5.73 Å². The van der Waals surface area contributed by atoms with E-state index in [1.165, 1.54) is 0 Å². The molecule has 0 unspecified atom stereocenters. The van der Waals surface area contributed by atoms with Gasteiger partial charge in [-0.25, -0.2) is 0 Å². The van der Waals surface area contributed by atoms with E-state index < -0.39 is 11.0 Å². The summed E-state index contributed by atoms with van der Waals surface area (Å²) in [6, 6.07) is 3.48. The van der Waals surface area contributed by atoms with Crippen LogP contribution in [0.4, 0.5) is 0 Å². The minimum atomic E-state index is -0.495. The van der Waals surface area contributed by atoms with Gasteiger partial charge in [0.2, 0.25) is 11.7 Å². The van der Waals surface area contributed by atoms with Gasteiger partial charge in [-0.1, -0.05) is 16.8 Å². The lowest BCUT2D eigenvalue weighted by Gasteiger charge is -2.34. The van der Waals surface area contributed by atoms with E-state index in [-0.39, 0.29) is 0 Å². The molecule has 2 heterocycles. The van der Waals surface area contributed by atoms with Gasteiger partial charge < -0.3 is 10.3 Å². The Labute approximate surface area is 117 Å². The third-order valence-electron chi connectivity index (χ3n) is 3.54. The maximum Gasteiger partial charge on any atom is 0.234 e. The van der Waals surface area contributed by atoms with Crippen molar-refractivity contribution in [3.05, 3.63) is 29.2 Å². The van der Waals surface area contributed by atoms with Crippen LogP contribution in [0.2, 0.25) is 5.02 Å². The summed E-state index contributed by atoms with van der Waals surface area (Å²) in [6.07, 6.45) is 1.63. The summed E-state index contributed by atoms with van der Waals surface area (Å²) in [5.74, 6) is 0.842. The highest BCUT2D eigenvalue weighted by Crippen LogP contribution is 2.33. The molecule has 0 aromatic carbocycles. The van der Waals surface area contributed by atoms with Crippen molar-refractivity contribution >= 4 is 11.6 Å². The largest absolute Gasteiger partial charge is 0.338 e. The zero-order chi connectivity index (χ0) is 14.3. The topological polar surface area (TPSA) is 77.8 Å². The highest BCUT2D eigenvalue weighted by Gasteiger charge is 2.40. The first kappa shape index (κ1) is 14.0. The van der Waals surface area contributed by atoms with E-state index in [1.807, 2.05) is 27.7 Å². The molecule has 0 spiro atoms. The Bertz CT molecular complexity index is 586. The number of rotatable bonds is 3. The van der Waals surface area contributed by atoms with Crippen molar-refractivity contribution in [1.29, 1.82) is 0 Å². The summed E-state index contributed by atoms with van der Waals surface area (Å²) < 4.78 is 5.33. The van der Waals surface area contributed by atoms with E-state index in [2.05, 4.69) is 15.1 Å². The molecule has 5 nitrogen and oxygen atoms in total. The normalized spacial score (nSPS) is 12.7. The lowest BCUT2D eigenvalue weighted by atomic mass is 9.75. The van der Waals surface area contributed by atoms with Crippen molar-refractivity contribution < 1.29 is 4.52 Å². The molecule has 0 aliphatic heterocycles. The molecule has 0 bridgehead atoms. The first-order chi connectivity index (χ1) is 8.73. The molecular weight excluding hydrogens is 264 g/mol. The average molecular weight is 281 g/mol. The Hall–Kier alpha value is -1.46. The van der Waals surface area contributed by atoms with Crippen LogP contribution in [0.15, 0.2) is 22.9 Å². The van der Waals surface area contributed by atoms with Crippen LogP contribution in [-0.4, -0.2) is 20.7 Å². The Morgan fingerprint density at radius 2 is 1.95 bits per heavy atom. The molecule has 19 heavy (non-hydrogen) atoms. The lowest BCUT2D eigenvalue weighted by molar-refractivity contribution is 0.223.